The SMILES string of the molecule is Cc1csc(C(O)c2cc(Cl)ccc2Cl)c1Cl. The monoisotopic (exact) mass is 306 g/mol. The molecule has 0 spiro atoms. The van der Waals surface area contributed by atoms with E-state index in [-0.39, 0.29) is 0 Å². The van der Waals surface area contributed by atoms with Crippen molar-refractivity contribution in [2.24, 2.45) is 0 Å². The van der Waals surface area contributed by atoms with E-state index in [9.17, 15) is 5.11 Å². The molecule has 0 radical (unpaired) electrons. The minimum absolute atomic E-state index is 0.476. The fourth-order valence-corrected chi connectivity index (χ4v) is 3.20. The van der Waals surface area contributed by atoms with Gasteiger partial charge < -0.3 is 5.11 Å². The maximum absolute atomic E-state index is 10.3. The van der Waals surface area contributed by atoms with Crippen LogP contribution in [0.5, 0.6) is 0 Å². The third-order valence-corrected chi connectivity index (χ3v) is 4.77. The molecule has 0 bridgehead atoms. The van der Waals surface area contributed by atoms with E-state index in [1.165, 1.54) is 11.3 Å². The molecule has 1 aromatic carbocycles. The molecular weight excluding hydrogens is 299 g/mol. The number of aryl methyl sites for hydroxylation is 1. The fourth-order valence-electron chi connectivity index (χ4n) is 1.50. The highest BCUT2D eigenvalue weighted by Gasteiger charge is 2.19. The van der Waals surface area contributed by atoms with Crippen molar-refractivity contribution >= 4 is 46.1 Å². The number of hydrogen-bond acceptors (Lipinski definition) is 2. The number of aliphatic hydroxyl groups excluding tert-OH is 1. The zero-order valence-corrected chi connectivity index (χ0v) is 12.0. The van der Waals surface area contributed by atoms with E-state index in [0.29, 0.717) is 25.5 Å². The van der Waals surface area contributed by atoms with Gasteiger partial charge in [0.15, 0.2) is 0 Å². The summed E-state index contributed by atoms with van der Waals surface area (Å²) < 4.78 is 0. The van der Waals surface area contributed by atoms with Gasteiger partial charge in [-0.15, -0.1) is 11.3 Å². The van der Waals surface area contributed by atoms with E-state index in [1.807, 2.05) is 12.3 Å². The summed E-state index contributed by atoms with van der Waals surface area (Å²) in [5.41, 5.74) is 1.52. The van der Waals surface area contributed by atoms with Gasteiger partial charge in [-0.3, -0.25) is 0 Å². The number of rotatable bonds is 2. The molecule has 1 N–H and O–H groups in total. The van der Waals surface area contributed by atoms with Gasteiger partial charge in [-0.25, -0.2) is 0 Å². The van der Waals surface area contributed by atoms with Gasteiger partial charge in [0.2, 0.25) is 0 Å². The van der Waals surface area contributed by atoms with Crippen LogP contribution in [0.15, 0.2) is 23.6 Å². The standard InChI is InChI=1S/C12H9Cl3OS/c1-6-5-17-12(10(6)15)11(16)8-4-7(13)2-3-9(8)14/h2-5,11,16H,1H3. The molecule has 1 unspecified atom stereocenters. The largest absolute Gasteiger partial charge is 0.383 e. The molecule has 2 rings (SSSR count). The van der Waals surface area contributed by atoms with Crippen LogP contribution in [0.4, 0.5) is 0 Å². The second-order valence-electron chi connectivity index (χ2n) is 3.67. The maximum atomic E-state index is 10.3. The average Bonchev–Trinajstić information content (AvgIpc) is 2.62. The molecule has 5 heteroatoms. The highest BCUT2D eigenvalue weighted by atomic mass is 35.5. The van der Waals surface area contributed by atoms with E-state index < -0.39 is 6.10 Å². The first-order chi connectivity index (χ1) is 8.00. The number of benzene rings is 1. The topological polar surface area (TPSA) is 20.2 Å². The smallest absolute Gasteiger partial charge is 0.116 e. The molecular formula is C12H9Cl3OS. The maximum Gasteiger partial charge on any atom is 0.116 e. The van der Waals surface area contributed by atoms with Crippen molar-refractivity contribution in [1.29, 1.82) is 0 Å². The number of thiophene rings is 1. The molecule has 1 heterocycles. The molecule has 1 nitrogen and oxygen atoms in total. The van der Waals surface area contributed by atoms with E-state index in [0.717, 1.165) is 5.56 Å². The van der Waals surface area contributed by atoms with Crippen LogP contribution < -0.4 is 0 Å². The van der Waals surface area contributed by atoms with E-state index in [1.54, 1.807) is 18.2 Å². The summed E-state index contributed by atoms with van der Waals surface area (Å²) in [6.07, 6.45) is -0.840. The number of halogens is 3. The Balaban J connectivity index is 2.47. The van der Waals surface area contributed by atoms with E-state index >= 15 is 0 Å². The minimum atomic E-state index is -0.840. The highest BCUT2D eigenvalue weighted by molar-refractivity contribution is 7.10. The predicted octanol–water partition coefficient (Wildman–Crippen LogP) is 5.10. The van der Waals surface area contributed by atoms with Crippen LogP contribution in [0.25, 0.3) is 0 Å². The molecule has 1 aromatic heterocycles. The second kappa shape index (κ2) is 5.17. The van der Waals surface area contributed by atoms with Gasteiger partial charge in [-0.2, -0.15) is 0 Å². The van der Waals surface area contributed by atoms with Gasteiger partial charge in [0.25, 0.3) is 0 Å². The third kappa shape index (κ3) is 2.61. The lowest BCUT2D eigenvalue weighted by Gasteiger charge is -2.12. The average molecular weight is 308 g/mol. The molecule has 0 aliphatic heterocycles. The van der Waals surface area contributed by atoms with Gasteiger partial charge in [-0.05, 0) is 36.1 Å². The van der Waals surface area contributed by atoms with Gasteiger partial charge in [0.1, 0.15) is 6.10 Å². The molecule has 1 atom stereocenters. The van der Waals surface area contributed by atoms with Gasteiger partial charge in [0, 0.05) is 15.6 Å². The zero-order chi connectivity index (χ0) is 12.6. The lowest BCUT2D eigenvalue weighted by molar-refractivity contribution is 0.224. The van der Waals surface area contributed by atoms with Crippen molar-refractivity contribution in [2.75, 3.05) is 0 Å². The molecule has 2 aromatic rings. The first kappa shape index (κ1) is 13.2. The van der Waals surface area contributed by atoms with Crippen molar-refractivity contribution in [3.63, 3.8) is 0 Å². The normalized spacial score (nSPS) is 12.8. The molecule has 0 saturated carbocycles. The quantitative estimate of drug-likeness (QED) is 0.818. The van der Waals surface area contributed by atoms with Crippen LogP contribution in [0.1, 0.15) is 22.1 Å². The Hall–Kier alpha value is -0.250. The Labute approximate surface area is 119 Å². The number of hydrogen-bond donors (Lipinski definition) is 1. The van der Waals surface area contributed by atoms with Gasteiger partial charge in [0.05, 0.1) is 9.90 Å². The Morgan fingerprint density at radius 3 is 2.53 bits per heavy atom. The first-order valence-corrected chi connectivity index (χ1v) is 6.88. The molecule has 0 saturated heterocycles. The first-order valence-electron chi connectivity index (χ1n) is 4.87. The van der Waals surface area contributed by atoms with Crippen LogP contribution in [0.3, 0.4) is 0 Å². The molecule has 17 heavy (non-hydrogen) atoms. The van der Waals surface area contributed by atoms with Crippen LogP contribution in [0, 0.1) is 6.92 Å². The van der Waals surface area contributed by atoms with Crippen LogP contribution in [0.2, 0.25) is 15.1 Å². The summed E-state index contributed by atoms with van der Waals surface area (Å²) in [5.74, 6) is 0. The summed E-state index contributed by atoms with van der Waals surface area (Å²) >= 11 is 19.5. The van der Waals surface area contributed by atoms with E-state index in [4.69, 9.17) is 34.8 Å². The third-order valence-electron chi connectivity index (χ3n) is 2.43. The Kier molecular flexibility index (Phi) is 4.01. The van der Waals surface area contributed by atoms with Crippen LogP contribution in [-0.4, -0.2) is 5.11 Å². The fraction of sp³-hybridized carbons (Fsp3) is 0.167. The minimum Gasteiger partial charge on any atom is -0.383 e. The van der Waals surface area contributed by atoms with Crippen molar-refractivity contribution in [2.45, 2.75) is 13.0 Å². The van der Waals surface area contributed by atoms with Gasteiger partial charge in [-0.1, -0.05) is 34.8 Å². The molecule has 90 valence electrons. The summed E-state index contributed by atoms with van der Waals surface area (Å²) in [6.45, 7) is 1.90. The van der Waals surface area contributed by atoms with Crippen LogP contribution >= 0.6 is 46.1 Å². The second-order valence-corrected chi connectivity index (χ2v) is 5.80. The Bertz CT molecular complexity index is 551. The van der Waals surface area contributed by atoms with Crippen molar-refractivity contribution < 1.29 is 5.11 Å². The summed E-state index contributed by atoms with van der Waals surface area (Å²) in [7, 11) is 0. The molecule has 0 fully saturated rings. The highest BCUT2D eigenvalue weighted by Crippen LogP contribution is 2.38. The molecule has 0 aliphatic rings. The van der Waals surface area contributed by atoms with Gasteiger partial charge >= 0.3 is 0 Å². The molecule has 0 aliphatic carbocycles. The van der Waals surface area contributed by atoms with Crippen molar-refractivity contribution in [1.82, 2.24) is 0 Å². The zero-order valence-electron chi connectivity index (χ0n) is 8.88. The van der Waals surface area contributed by atoms with Crippen molar-refractivity contribution in [3.05, 3.63) is 54.7 Å². The van der Waals surface area contributed by atoms with Crippen molar-refractivity contribution in [3.8, 4) is 0 Å². The van der Waals surface area contributed by atoms with E-state index in [2.05, 4.69) is 0 Å². The lowest BCUT2D eigenvalue weighted by Crippen LogP contribution is -1.99. The van der Waals surface area contributed by atoms with Crippen LogP contribution in [-0.2, 0) is 0 Å². The molecule has 0 amide bonds. The summed E-state index contributed by atoms with van der Waals surface area (Å²) in [6, 6.07) is 5.00. The lowest BCUT2D eigenvalue weighted by atomic mass is 10.1. The number of aliphatic hydroxyl groups is 1. The summed E-state index contributed by atoms with van der Waals surface area (Å²) in [5, 5.41) is 13.8. The summed E-state index contributed by atoms with van der Waals surface area (Å²) in [4.78, 5) is 0.688. The Morgan fingerprint density at radius 1 is 1.24 bits per heavy atom. The predicted molar refractivity (Wildman–Crippen MR) is 74.6 cm³/mol. The Morgan fingerprint density at radius 2 is 1.94 bits per heavy atom.